The number of piperidine rings is 1. The molecule has 0 saturated carbocycles. The van der Waals surface area contributed by atoms with Crippen LogP contribution in [0.1, 0.15) is 29.0 Å². The molecular weight excluding hydrogens is 300 g/mol. The van der Waals surface area contributed by atoms with Gasteiger partial charge in [-0.2, -0.15) is 0 Å². The summed E-state index contributed by atoms with van der Waals surface area (Å²) in [6.45, 7) is 2.46. The summed E-state index contributed by atoms with van der Waals surface area (Å²) in [5.41, 5.74) is 4.82. The SMILES string of the molecule is CN1CC[C@H]2N=C(c3ccccc3)c3cc4c(cc3[C@H]2C1)OCO4. The smallest absolute Gasteiger partial charge is 0.231 e. The molecule has 0 radical (unpaired) electrons. The first kappa shape index (κ1) is 14.1. The molecule has 2 atom stereocenters. The van der Waals surface area contributed by atoms with Crippen LogP contribution in [0.25, 0.3) is 0 Å². The van der Waals surface area contributed by atoms with Gasteiger partial charge in [0.25, 0.3) is 0 Å². The van der Waals surface area contributed by atoms with Crippen molar-refractivity contribution in [3.63, 3.8) is 0 Å². The average molecular weight is 320 g/mol. The lowest BCUT2D eigenvalue weighted by Gasteiger charge is -2.39. The second-order valence-corrected chi connectivity index (χ2v) is 6.86. The highest BCUT2D eigenvalue weighted by Crippen LogP contribution is 2.43. The van der Waals surface area contributed by atoms with Crippen molar-refractivity contribution in [2.75, 3.05) is 26.9 Å². The van der Waals surface area contributed by atoms with Crippen LogP contribution in [-0.4, -0.2) is 43.6 Å². The highest BCUT2D eigenvalue weighted by atomic mass is 16.7. The topological polar surface area (TPSA) is 34.1 Å². The van der Waals surface area contributed by atoms with Gasteiger partial charge in [0.05, 0.1) is 11.8 Å². The van der Waals surface area contributed by atoms with Crippen molar-refractivity contribution in [3.8, 4) is 11.5 Å². The third kappa shape index (κ3) is 2.13. The van der Waals surface area contributed by atoms with Crippen molar-refractivity contribution in [1.29, 1.82) is 0 Å². The summed E-state index contributed by atoms with van der Waals surface area (Å²) in [5, 5.41) is 0. The maximum absolute atomic E-state index is 5.64. The van der Waals surface area contributed by atoms with E-state index in [-0.39, 0.29) is 0 Å². The minimum Gasteiger partial charge on any atom is -0.454 e. The first-order valence-corrected chi connectivity index (χ1v) is 8.55. The van der Waals surface area contributed by atoms with Crippen LogP contribution >= 0.6 is 0 Å². The minimum absolute atomic E-state index is 0.310. The molecule has 1 saturated heterocycles. The Kier molecular flexibility index (Phi) is 3.13. The van der Waals surface area contributed by atoms with Gasteiger partial charge in [-0.05, 0) is 37.7 Å². The molecule has 0 bridgehead atoms. The lowest BCUT2D eigenvalue weighted by atomic mass is 9.79. The quantitative estimate of drug-likeness (QED) is 0.810. The summed E-state index contributed by atoms with van der Waals surface area (Å²) < 4.78 is 11.3. The van der Waals surface area contributed by atoms with E-state index in [2.05, 4.69) is 48.3 Å². The third-order valence-electron chi connectivity index (χ3n) is 5.32. The van der Waals surface area contributed by atoms with Crippen LogP contribution < -0.4 is 9.47 Å². The van der Waals surface area contributed by atoms with E-state index in [0.717, 1.165) is 36.7 Å². The van der Waals surface area contributed by atoms with Crippen LogP contribution in [0.2, 0.25) is 0 Å². The largest absolute Gasteiger partial charge is 0.454 e. The van der Waals surface area contributed by atoms with E-state index in [1.807, 2.05) is 6.07 Å². The zero-order valence-electron chi connectivity index (χ0n) is 13.7. The van der Waals surface area contributed by atoms with Crippen molar-refractivity contribution in [3.05, 3.63) is 59.2 Å². The van der Waals surface area contributed by atoms with Gasteiger partial charge in [-0.1, -0.05) is 30.3 Å². The Bertz CT molecular complexity index is 816. The molecule has 24 heavy (non-hydrogen) atoms. The standard InChI is InChI=1S/C20H20N2O2/c1-22-8-7-17-16(11-22)14-9-18-19(24-12-23-18)10-15(14)20(21-17)13-5-3-2-4-6-13/h2-6,9-10,16-17H,7-8,11-12H2,1H3/t16-,17-/m1/s1. The van der Waals surface area contributed by atoms with Crippen LogP contribution in [-0.2, 0) is 0 Å². The van der Waals surface area contributed by atoms with Crippen molar-refractivity contribution < 1.29 is 9.47 Å². The highest BCUT2D eigenvalue weighted by Gasteiger charge is 2.36. The van der Waals surface area contributed by atoms with Crippen LogP contribution in [0, 0.1) is 0 Å². The van der Waals surface area contributed by atoms with E-state index >= 15 is 0 Å². The molecule has 2 aromatic rings. The molecule has 0 unspecified atom stereocenters. The Labute approximate surface area is 141 Å². The fourth-order valence-corrected chi connectivity index (χ4v) is 4.09. The molecule has 3 aliphatic rings. The van der Waals surface area contributed by atoms with E-state index in [1.165, 1.54) is 16.7 Å². The lowest BCUT2D eigenvalue weighted by molar-refractivity contribution is 0.174. The summed E-state index contributed by atoms with van der Waals surface area (Å²) in [5.74, 6) is 2.13. The summed E-state index contributed by atoms with van der Waals surface area (Å²) in [7, 11) is 2.19. The molecule has 4 heteroatoms. The fraction of sp³-hybridized carbons (Fsp3) is 0.350. The first-order valence-electron chi connectivity index (χ1n) is 8.55. The van der Waals surface area contributed by atoms with Gasteiger partial charge in [-0.3, -0.25) is 4.99 Å². The molecule has 4 nitrogen and oxygen atoms in total. The molecular formula is C20H20N2O2. The predicted molar refractivity (Wildman–Crippen MR) is 93.3 cm³/mol. The summed E-state index contributed by atoms with van der Waals surface area (Å²) in [6, 6.07) is 15.1. The van der Waals surface area contributed by atoms with E-state index in [0.29, 0.717) is 18.8 Å². The van der Waals surface area contributed by atoms with Gasteiger partial charge < -0.3 is 14.4 Å². The van der Waals surface area contributed by atoms with Gasteiger partial charge in [-0.15, -0.1) is 0 Å². The Balaban J connectivity index is 1.70. The summed E-state index contributed by atoms with van der Waals surface area (Å²) in [6.07, 6.45) is 1.10. The van der Waals surface area contributed by atoms with Gasteiger partial charge in [0.15, 0.2) is 11.5 Å². The molecule has 0 aliphatic carbocycles. The average Bonchev–Trinajstić information content (AvgIpc) is 3.08. The van der Waals surface area contributed by atoms with Gasteiger partial charge in [0.2, 0.25) is 6.79 Å². The Hall–Kier alpha value is -2.33. The molecule has 0 amide bonds. The maximum atomic E-state index is 5.64. The summed E-state index contributed by atoms with van der Waals surface area (Å²) >= 11 is 0. The number of benzene rings is 2. The number of fused-ring (bicyclic) bond motifs is 4. The zero-order chi connectivity index (χ0) is 16.1. The number of nitrogens with zero attached hydrogens (tertiary/aromatic N) is 2. The van der Waals surface area contributed by atoms with Gasteiger partial charge in [0, 0.05) is 23.6 Å². The molecule has 5 rings (SSSR count). The molecule has 0 spiro atoms. The third-order valence-corrected chi connectivity index (χ3v) is 5.32. The first-order chi connectivity index (χ1) is 11.8. The van der Waals surface area contributed by atoms with Gasteiger partial charge >= 0.3 is 0 Å². The number of likely N-dealkylation sites (N-methyl/N-ethyl adjacent to an activating group) is 1. The second-order valence-electron chi connectivity index (χ2n) is 6.86. The molecule has 0 N–H and O–H groups in total. The lowest BCUT2D eigenvalue weighted by Crippen LogP contribution is -2.41. The van der Waals surface area contributed by atoms with Crippen LogP contribution in [0.3, 0.4) is 0 Å². The van der Waals surface area contributed by atoms with E-state index in [9.17, 15) is 0 Å². The molecule has 3 heterocycles. The van der Waals surface area contributed by atoms with Crippen LogP contribution in [0.5, 0.6) is 11.5 Å². The number of aliphatic imine (C=N–C) groups is 1. The molecule has 1 fully saturated rings. The molecule has 122 valence electrons. The van der Waals surface area contributed by atoms with Gasteiger partial charge in [-0.25, -0.2) is 0 Å². The Morgan fingerprint density at radius 2 is 1.88 bits per heavy atom. The number of likely N-dealkylation sites (tertiary alicyclic amines) is 1. The Morgan fingerprint density at radius 3 is 2.71 bits per heavy atom. The van der Waals surface area contributed by atoms with Crippen molar-refractivity contribution in [2.45, 2.75) is 18.4 Å². The summed E-state index contributed by atoms with van der Waals surface area (Å²) in [4.78, 5) is 7.57. The second kappa shape index (κ2) is 5.35. The van der Waals surface area contributed by atoms with Crippen LogP contribution in [0.15, 0.2) is 47.5 Å². The Morgan fingerprint density at radius 1 is 1.08 bits per heavy atom. The van der Waals surface area contributed by atoms with Gasteiger partial charge in [0.1, 0.15) is 0 Å². The number of ether oxygens (including phenoxy) is 2. The highest BCUT2D eigenvalue weighted by molar-refractivity contribution is 6.15. The minimum atomic E-state index is 0.310. The zero-order valence-corrected chi connectivity index (χ0v) is 13.7. The molecule has 2 aromatic carbocycles. The normalized spacial score (nSPS) is 25.0. The number of hydrogen-bond acceptors (Lipinski definition) is 4. The van der Waals surface area contributed by atoms with E-state index in [4.69, 9.17) is 14.5 Å². The predicted octanol–water partition coefficient (Wildman–Crippen LogP) is 3.05. The monoisotopic (exact) mass is 320 g/mol. The van der Waals surface area contributed by atoms with E-state index < -0.39 is 0 Å². The van der Waals surface area contributed by atoms with Crippen molar-refractivity contribution in [1.82, 2.24) is 4.90 Å². The molecule has 0 aromatic heterocycles. The van der Waals surface area contributed by atoms with Crippen molar-refractivity contribution >= 4 is 5.71 Å². The number of rotatable bonds is 1. The van der Waals surface area contributed by atoms with Crippen molar-refractivity contribution in [2.24, 2.45) is 4.99 Å². The van der Waals surface area contributed by atoms with E-state index in [1.54, 1.807) is 0 Å². The fourth-order valence-electron chi connectivity index (χ4n) is 4.09. The maximum Gasteiger partial charge on any atom is 0.231 e. The number of hydrogen-bond donors (Lipinski definition) is 0. The van der Waals surface area contributed by atoms with Crippen LogP contribution in [0.4, 0.5) is 0 Å². The molecule has 3 aliphatic heterocycles.